The summed E-state index contributed by atoms with van der Waals surface area (Å²) in [5, 5.41) is 15.6. The Kier molecular flexibility index (Phi) is 10.9. The van der Waals surface area contributed by atoms with Gasteiger partial charge in [0.25, 0.3) is 0 Å². The van der Waals surface area contributed by atoms with Gasteiger partial charge in [-0.05, 0) is 0 Å². The third kappa shape index (κ3) is 8.34. The minimum Gasteiger partial charge on any atom is -0.480 e. The molecule has 0 rings (SSSR count). The fourth-order valence-electron chi connectivity index (χ4n) is 1.28. The number of carboxylic acid groups (broad SMARTS) is 1. The normalized spacial score (nSPS) is 14.3. The van der Waals surface area contributed by atoms with Gasteiger partial charge in [-0.3, -0.25) is 14.4 Å². The van der Waals surface area contributed by atoms with E-state index in [2.05, 4.69) is 53.8 Å². The number of nitrogens with one attached hydrogen (secondary N) is 3. The quantitative estimate of drug-likeness (QED) is 0.192. The standard InChI is InChI=1S/C11H20N4O5S3/c12-5(2-21)9(17)15-6(3-22)10(18)13-1-8(16)14-7(4-23)11(19)20/h5-7,21-23H,1-4,12H2,(H,13,18)(H,14,16)(H,15,17)(H,19,20). The first-order chi connectivity index (χ1) is 10.8. The van der Waals surface area contributed by atoms with E-state index in [1.807, 2.05) is 0 Å². The molecule has 0 bridgehead atoms. The second-order valence-electron chi connectivity index (χ2n) is 4.39. The lowest BCUT2D eigenvalue weighted by Crippen LogP contribution is -2.54. The fourth-order valence-corrected chi connectivity index (χ4v) is 1.95. The molecule has 9 nitrogen and oxygen atoms in total. The van der Waals surface area contributed by atoms with Crippen LogP contribution in [0.4, 0.5) is 0 Å². The lowest BCUT2D eigenvalue weighted by atomic mass is 10.2. The van der Waals surface area contributed by atoms with E-state index in [-0.39, 0.29) is 17.3 Å². The van der Waals surface area contributed by atoms with Crippen LogP contribution in [0.2, 0.25) is 0 Å². The highest BCUT2D eigenvalue weighted by molar-refractivity contribution is 7.80. The molecule has 0 saturated carbocycles. The average Bonchev–Trinajstić information content (AvgIpc) is 2.53. The van der Waals surface area contributed by atoms with Crippen molar-refractivity contribution in [2.24, 2.45) is 5.73 Å². The number of aliphatic carboxylic acids is 1. The van der Waals surface area contributed by atoms with E-state index in [0.29, 0.717) is 0 Å². The summed E-state index contributed by atoms with van der Waals surface area (Å²) in [5.74, 6) is -3.14. The van der Waals surface area contributed by atoms with Gasteiger partial charge in [0.1, 0.15) is 12.1 Å². The van der Waals surface area contributed by atoms with Crippen molar-refractivity contribution in [1.29, 1.82) is 0 Å². The van der Waals surface area contributed by atoms with Crippen molar-refractivity contribution in [3.63, 3.8) is 0 Å². The molecule has 0 heterocycles. The van der Waals surface area contributed by atoms with Gasteiger partial charge in [0, 0.05) is 17.3 Å². The lowest BCUT2D eigenvalue weighted by Gasteiger charge is -2.18. The monoisotopic (exact) mass is 384 g/mol. The van der Waals surface area contributed by atoms with Crippen LogP contribution in [-0.2, 0) is 19.2 Å². The Morgan fingerprint density at radius 2 is 1.48 bits per heavy atom. The minimum atomic E-state index is -1.24. The number of rotatable bonds is 10. The van der Waals surface area contributed by atoms with Gasteiger partial charge in [-0.25, -0.2) is 4.79 Å². The van der Waals surface area contributed by atoms with Gasteiger partial charge >= 0.3 is 5.97 Å². The SMILES string of the molecule is NC(CS)C(=O)NC(CS)C(=O)NCC(=O)NC(CS)C(=O)O. The number of carbonyl (C=O) groups is 4. The van der Waals surface area contributed by atoms with Gasteiger partial charge in [-0.1, -0.05) is 0 Å². The highest BCUT2D eigenvalue weighted by Gasteiger charge is 2.23. The summed E-state index contributed by atoms with van der Waals surface area (Å²) in [4.78, 5) is 45.8. The van der Waals surface area contributed by atoms with Gasteiger partial charge in [-0.15, -0.1) is 0 Å². The van der Waals surface area contributed by atoms with Gasteiger partial charge < -0.3 is 26.8 Å². The zero-order valence-corrected chi connectivity index (χ0v) is 14.7. The van der Waals surface area contributed by atoms with Crippen LogP contribution >= 0.6 is 37.9 Å². The molecule has 0 aromatic heterocycles. The van der Waals surface area contributed by atoms with Crippen LogP contribution in [0.25, 0.3) is 0 Å². The van der Waals surface area contributed by atoms with Crippen molar-refractivity contribution in [3.05, 3.63) is 0 Å². The van der Waals surface area contributed by atoms with Crippen molar-refractivity contribution in [3.8, 4) is 0 Å². The molecule has 0 fully saturated rings. The molecule has 0 aliphatic carbocycles. The highest BCUT2D eigenvalue weighted by Crippen LogP contribution is 1.92. The van der Waals surface area contributed by atoms with E-state index in [9.17, 15) is 19.2 Å². The molecule has 132 valence electrons. The van der Waals surface area contributed by atoms with Crippen LogP contribution < -0.4 is 21.7 Å². The van der Waals surface area contributed by atoms with Crippen molar-refractivity contribution >= 4 is 61.6 Å². The van der Waals surface area contributed by atoms with E-state index in [0.717, 1.165) is 0 Å². The van der Waals surface area contributed by atoms with Gasteiger partial charge in [-0.2, -0.15) is 37.9 Å². The summed E-state index contributed by atoms with van der Waals surface area (Å²) in [5.41, 5.74) is 5.47. The molecule has 0 saturated heterocycles. The number of thiol groups is 3. The molecule has 3 amide bonds. The minimum absolute atomic E-state index is 0.00707. The Morgan fingerprint density at radius 1 is 0.913 bits per heavy atom. The van der Waals surface area contributed by atoms with Crippen LogP contribution in [-0.4, -0.2) is 70.7 Å². The Labute approximate surface area is 149 Å². The number of carboxylic acids is 1. The molecule has 0 aliphatic rings. The summed E-state index contributed by atoms with van der Waals surface area (Å²) in [6, 6.07) is -3.01. The Balaban J connectivity index is 4.41. The van der Waals surface area contributed by atoms with Crippen LogP contribution in [0.1, 0.15) is 0 Å². The molecule has 3 atom stereocenters. The maximum Gasteiger partial charge on any atom is 0.327 e. The first-order valence-electron chi connectivity index (χ1n) is 6.45. The number of carbonyl (C=O) groups excluding carboxylic acids is 3. The van der Waals surface area contributed by atoms with Gasteiger partial charge in [0.05, 0.1) is 12.6 Å². The second kappa shape index (κ2) is 11.4. The number of hydrogen-bond donors (Lipinski definition) is 8. The smallest absolute Gasteiger partial charge is 0.327 e. The molecular weight excluding hydrogens is 364 g/mol. The topological polar surface area (TPSA) is 151 Å². The Morgan fingerprint density at radius 3 is 1.91 bits per heavy atom. The van der Waals surface area contributed by atoms with E-state index in [1.54, 1.807) is 0 Å². The summed E-state index contributed by atoms with van der Waals surface area (Å²) < 4.78 is 0. The Bertz CT molecular complexity index is 451. The Hall–Kier alpha value is -1.11. The molecule has 3 unspecified atom stereocenters. The van der Waals surface area contributed by atoms with Gasteiger partial charge in [0.2, 0.25) is 17.7 Å². The zero-order chi connectivity index (χ0) is 18.0. The summed E-state index contributed by atoms with van der Waals surface area (Å²) in [6.45, 7) is -0.449. The zero-order valence-electron chi connectivity index (χ0n) is 12.1. The number of amides is 3. The number of nitrogens with two attached hydrogens (primary N) is 1. The molecule has 0 aromatic carbocycles. The summed E-state index contributed by atoms with van der Waals surface area (Å²) >= 11 is 11.6. The molecule has 12 heteroatoms. The van der Waals surface area contributed by atoms with Crippen LogP contribution in [0, 0.1) is 0 Å². The molecule has 0 radical (unpaired) electrons. The maximum atomic E-state index is 11.9. The average molecular weight is 385 g/mol. The lowest BCUT2D eigenvalue weighted by molar-refractivity contribution is -0.141. The molecule has 6 N–H and O–H groups in total. The third-order valence-corrected chi connectivity index (χ3v) is 3.71. The van der Waals surface area contributed by atoms with Crippen molar-refractivity contribution in [2.75, 3.05) is 23.8 Å². The summed E-state index contributed by atoms with van der Waals surface area (Å²) in [7, 11) is 0. The highest BCUT2D eigenvalue weighted by atomic mass is 32.1. The predicted octanol–water partition coefficient (Wildman–Crippen LogP) is -2.73. The van der Waals surface area contributed by atoms with Crippen molar-refractivity contribution < 1.29 is 24.3 Å². The molecular formula is C11H20N4O5S3. The van der Waals surface area contributed by atoms with E-state index < -0.39 is 48.4 Å². The van der Waals surface area contributed by atoms with Crippen LogP contribution in [0.5, 0.6) is 0 Å². The molecule has 0 aliphatic heterocycles. The predicted molar refractivity (Wildman–Crippen MR) is 94.0 cm³/mol. The second-order valence-corrected chi connectivity index (χ2v) is 5.49. The fraction of sp³-hybridized carbons (Fsp3) is 0.636. The molecule has 23 heavy (non-hydrogen) atoms. The largest absolute Gasteiger partial charge is 0.480 e. The molecule has 0 aromatic rings. The maximum absolute atomic E-state index is 11.9. The van der Waals surface area contributed by atoms with Gasteiger partial charge in [0.15, 0.2) is 0 Å². The van der Waals surface area contributed by atoms with E-state index in [1.165, 1.54) is 0 Å². The third-order valence-electron chi connectivity index (χ3n) is 2.59. The van der Waals surface area contributed by atoms with Crippen molar-refractivity contribution in [2.45, 2.75) is 18.1 Å². The van der Waals surface area contributed by atoms with Crippen LogP contribution in [0.3, 0.4) is 0 Å². The first kappa shape index (κ1) is 21.9. The van der Waals surface area contributed by atoms with Crippen molar-refractivity contribution in [1.82, 2.24) is 16.0 Å². The number of hydrogen-bond acceptors (Lipinski definition) is 8. The molecule has 0 spiro atoms. The first-order valence-corrected chi connectivity index (χ1v) is 8.34. The van der Waals surface area contributed by atoms with Crippen LogP contribution in [0.15, 0.2) is 0 Å². The van der Waals surface area contributed by atoms with E-state index >= 15 is 0 Å². The van der Waals surface area contributed by atoms with E-state index in [4.69, 9.17) is 10.8 Å². The summed E-state index contributed by atoms with van der Waals surface area (Å²) in [6.07, 6.45) is 0.